The van der Waals surface area contributed by atoms with E-state index in [-0.39, 0.29) is 42.7 Å². The van der Waals surface area contributed by atoms with Gasteiger partial charge < -0.3 is 28.6 Å². The fourth-order valence-corrected chi connectivity index (χ4v) is 4.43. The van der Waals surface area contributed by atoms with E-state index >= 15 is 0 Å². The predicted octanol–water partition coefficient (Wildman–Crippen LogP) is 6.40. The number of unbranched alkanes of at least 4 members (excludes halogenated alkanes) is 9. The van der Waals surface area contributed by atoms with Gasteiger partial charge in [-0.3, -0.25) is 9.59 Å². The van der Waals surface area contributed by atoms with Crippen LogP contribution < -0.4 is 5.11 Å². The number of likely N-dealkylation sites (N-methyl/N-ethyl adjacent to an activating group) is 1. The van der Waals surface area contributed by atoms with Crippen LogP contribution in [0.5, 0.6) is 0 Å². The van der Waals surface area contributed by atoms with Crippen molar-refractivity contribution in [3.63, 3.8) is 0 Å². The van der Waals surface area contributed by atoms with Gasteiger partial charge in [0.2, 0.25) is 0 Å². The van der Waals surface area contributed by atoms with Gasteiger partial charge in [-0.25, -0.2) is 0 Å². The molecule has 0 aromatic carbocycles. The van der Waals surface area contributed by atoms with E-state index in [1.165, 1.54) is 25.7 Å². The van der Waals surface area contributed by atoms with Crippen LogP contribution in [0.25, 0.3) is 0 Å². The van der Waals surface area contributed by atoms with Crippen LogP contribution in [0.15, 0.2) is 48.6 Å². The van der Waals surface area contributed by atoms with Crippen LogP contribution >= 0.6 is 0 Å². The van der Waals surface area contributed by atoms with Crippen molar-refractivity contribution < 1.29 is 38.2 Å². The van der Waals surface area contributed by atoms with E-state index in [1.54, 1.807) is 21.1 Å². The fraction of sp³-hybridized carbons (Fsp3) is 0.694. The molecule has 0 aliphatic heterocycles. The van der Waals surface area contributed by atoms with E-state index in [9.17, 15) is 19.5 Å². The molecule has 0 heterocycles. The van der Waals surface area contributed by atoms with Crippen LogP contribution in [0.2, 0.25) is 0 Å². The zero-order valence-corrected chi connectivity index (χ0v) is 28.3. The maximum absolute atomic E-state index is 12.5. The van der Waals surface area contributed by atoms with Crippen LogP contribution in [-0.2, 0) is 28.6 Å². The van der Waals surface area contributed by atoms with E-state index in [2.05, 4.69) is 26.0 Å². The Kier molecular flexibility index (Phi) is 26.1. The fourth-order valence-electron chi connectivity index (χ4n) is 4.43. The summed E-state index contributed by atoms with van der Waals surface area (Å²) in [7, 11) is 5.36. The molecule has 0 amide bonds. The molecule has 0 saturated carbocycles. The summed E-state index contributed by atoms with van der Waals surface area (Å²) in [5, 5.41) is 11.5. The molecule has 2 unspecified atom stereocenters. The largest absolute Gasteiger partial charge is 0.544 e. The normalized spacial score (nSPS) is 13.8. The molecule has 0 saturated heterocycles. The van der Waals surface area contributed by atoms with Crippen LogP contribution in [-0.4, -0.2) is 75.5 Å². The minimum atomic E-state index is -1.14. The van der Waals surface area contributed by atoms with E-state index in [4.69, 9.17) is 14.2 Å². The average Bonchev–Trinajstić information content (AvgIpc) is 2.96. The quantitative estimate of drug-likeness (QED) is 0.0432. The standard InChI is InChI=1S/C36H61NO7/c1-6-8-10-12-14-15-16-17-18-19-21-22-24-26-34(38)43-31-32(30-42-29-28-33(36(40)41)37(3,4)5)44-35(39)27-25-23-20-13-11-9-7-2/h8,10,12,14-18,32-33H,6-7,9,11,13,19-31H2,1-5H3/b10-8+,14-12+,16-15+,18-17+. The summed E-state index contributed by atoms with van der Waals surface area (Å²) in [6, 6.07) is -0.728. The summed E-state index contributed by atoms with van der Waals surface area (Å²) in [5.74, 6) is -1.80. The summed E-state index contributed by atoms with van der Waals surface area (Å²) in [6.07, 6.45) is 28.7. The minimum absolute atomic E-state index is 0.0267. The number of carbonyl (C=O) groups excluding carboxylic acids is 3. The van der Waals surface area contributed by atoms with Crippen molar-refractivity contribution in [3.05, 3.63) is 48.6 Å². The van der Waals surface area contributed by atoms with Gasteiger partial charge in [0.1, 0.15) is 12.6 Å². The van der Waals surface area contributed by atoms with Crippen LogP contribution in [0.1, 0.15) is 110 Å². The molecule has 0 spiro atoms. The first-order chi connectivity index (χ1) is 21.1. The highest BCUT2D eigenvalue weighted by Crippen LogP contribution is 2.11. The summed E-state index contributed by atoms with van der Waals surface area (Å²) in [4.78, 5) is 36.3. The molecule has 0 aromatic rings. The average molecular weight is 620 g/mol. The van der Waals surface area contributed by atoms with Crippen LogP contribution in [0.3, 0.4) is 0 Å². The molecular formula is C36H61NO7. The Hall–Kier alpha value is -2.71. The predicted molar refractivity (Wildman–Crippen MR) is 176 cm³/mol. The highest BCUT2D eigenvalue weighted by Gasteiger charge is 2.25. The number of rotatable bonds is 28. The smallest absolute Gasteiger partial charge is 0.306 e. The third-order valence-corrected chi connectivity index (χ3v) is 7.07. The molecule has 0 rings (SSSR count). The summed E-state index contributed by atoms with van der Waals surface area (Å²) in [5.41, 5.74) is 0. The Morgan fingerprint density at radius 3 is 1.89 bits per heavy atom. The molecule has 8 nitrogen and oxygen atoms in total. The lowest BCUT2D eigenvalue weighted by atomic mass is 10.1. The SMILES string of the molecule is CC/C=C/C=C/C=C/C=C/CCCCCC(=O)OCC(COCCC(C(=O)[O-])[N+](C)(C)C)OC(=O)CCCCCCCCC. The Labute approximate surface area is 267 Å². The van der Waals surface area contributed by atoms with E-state index in [0.29, 0.717) is 12.8 Å². The molecule has 0 fully saturated rings. The number of hydrogen-bond acceptors (Lipinski definition) is 7. The van der Waals surface area contributed by atoms with Gasteiger partial charge in [-0.15, -0.1) is 0 Å². The molecule has 0 radical (unpaired) electrons. The van der Waals surface area contributed by atoms with Gasteiger partial charge in [0.25, 0.3) is 0 Å². The summed E-state index contributed by atoms with van der Waals surface area (Å²) >= 11 is 0. The topological polar surface area (TPSA) is 102 Å². The van der Waals surface area contributed by atoms with Crippen molar-refractivity contribution in [1.82, 2.24) is 0 Å². The molecular weight excluding hydrogens is 558 g/mol. The Morgan fingerprint density at radius 1 is 0.705 bits per heavy atom. The van der Waals surface area contributed by atoms with Gasteiger partial charge in [0.15, 0.2) is 6.10 Å². The molecule has 0 aliphatic carbocycles. The molecule has 0 bridgehead atoms. The van der Waals surface area contributed by atoms with E-state index in [1.807, 2.05) is 36.5 Å². The number of aliphatic carboxylic acids is 1. The number of carboxylic acid groups (broad SMARTS) is 1. The second kappa shape index (κ2) is 27.8. The van der Waals surface area contributed by atoms with Gasteiger partial charge in [0.05, 0.1) is 40.3 Å². The number of esters is 2. The highest BCUT2D eigenvalue weighted by atomic mass is 16.6. The van der Waals surface area contributed by atoms with Crippen molar-refractivity contribution >= 4 is 17.9 Å². The monoisotopic (exact) mass is 619 g/mol. The number of nitrogens with zero attached hydrogens (tertiary/aromatic N) is 1. The highest BCUT2D eigenvalue weighted by molar-refractivity contribution is 5.70. The Morgan fingerprint density at radius 2 is 1.27 bits per heavy atom. The van der Waals surface area contributed by atoms with Crippen LogP contribution in [0, 0.1) is 0 Å². The number of quaternary nitrogens is 1. The van der Waals surface area contributed by atoms with Crippen molar-refractivity contribution in [2.24, 2.45) is 0 Å². The van der Waals surface area contributed by atoms with E-state index < -0.39 is 18.1 Å². The molecule has 44 heavy (non-hydrogen) atoms. The van der Waals surface area contributed by atoms with Crippen molar-refractivity contribution in [3.8, 4) is 0 Å². The van der Waals surface area contributed by atoms with Gasteiger partial charge in [0, 0.05) is 19.3 Å². The lowest BCUT2D eigenvalue weighted by Crippen LogP contribution is -2.55. The maximum Gasteiger partial charge on any atom is 0.306 e. The second-order valence-electron chi connectivity index (χ2n) is 12.1. The van der Waals surface area contributed by atoms with Gasteiger partial charge in [-0.2, -0.15) is 0 Å². The number of carbonyl (C=O) groups is 3. The van der Waals surface area contributed by atoms with Crippen LogP contribution in [0.4, 0.5) is 0 Å². The van der Waals surface area contributed by atoms with E-state index in [0.717, 1.165) is 51.4 Å². The minimum Gasteiger partial charge on any atom is -0.544 e. The molecule has 252 valence electrons. The molecule has 0 aromatic heterocycles. The lowest BCUT2D eigenvalue weighted by Gasteiger charge is -2.34. The Bertz CT molecular complexity index is 870. The van der Waals surface area contributed by atoms with Crippen molar-refractivity contribution in [2.45, 2.75) is 122 Å². The number of allylic oxidation sites excluding steroid dienone is 8. The first kappa shape index (κ1) is 41.3. The second-order valence-corrected chi connectivity index (χ2v) is 12.1. The first-order valence-corrected chi connectivity index (χ1v) is 16.7. The lowest BCUT2D eigenvalue weighted by molar-refractivity contribution is -0.889. The molecule has 0 N–H and O–H groups in total. The first-order valence-electron chi connectivity index (χ1n) is 16.7. The van der Waals surface area contributed by atoms with Gasteiger partial charge in [-0.05, 0) is 32.1 Å². The maximum atomic E-state index is 12.5. The Balaban J connectivity index is 4.53. The number of hydrogen-bond donors (Lipinski definition) is 0. The molecule has 0 aliphatic rings. The number of ether oxygens (including phenoxy) is 3. The zero-order valence-electron chi connectivity index (χ0n) is 28.3. The molecule has 2 atom stereocenters. The third kappa shape index (κ3) is 25.8. The number of carboxylic acids is 1. The zero-order chi connectivity index (χ0) is 32.9. The molecule has 8 heteroatoms. The third-order valence-electron chi connectivity index (χ3n) is 7.07. The van der Waals surface area contributed by atoms with Gasteiger partial charge >= 0.3 is 11.9 Å². The summed E-state index contributed by atoms with van der Waals surface area (Å²) < 4.78 is 16.9. The van der Waals surface area contributed by atoms with Gasteiger partial charge in [-0.1, -0.05) is 107 Å². The van der Waals surface area contributed by atoms with Crippen molar-refractivity contribution in [2.75, 3.05) is 41.0 Å². The summed E-state index contributed by atoms with van der Waals surface area (Å²) in [6.45, 7) is 4.39. The van der Waals surface area contributed by atoms with Crippen molar-refractivity contribution in [1.29, 1.82) is 0 Å².